The first kappa shape index (κ1) is 17.1. The van der Waals surface area contributed by atoms with Gasteiger partial charge in [-0.3, -0.25) is 0 Å². The van der Waals surface area contributed by atoms with Gasteiger partial charge in [0.15, 0.2) is 0 Å². The lowest BCUT2D eigenvalue weighted by atomic mass is 10.0. The highest BCUT2D eigenvalue weighted by Crippen LogP contribution is 2.31. The lowest BCUT2D eigenvalue weighted by molar-refractivity contribution is 0.415. The van der Waals surface area contributed by atoms with Crippen molar-refractivity contribution in [1.29, 1.82) is 0 Å². The monoisotopic (exact) mass is 333 g/mol. The predicted octanol–water partition coefficient (Wildman–Crippen LogP) is 4.92. The Bertz CT molecular complexity index is 813. The van der Waals surface area contributed by atoms with E-state index in [1.807, 2.05) is 42.5 Å². The first-order chi connectivity index (χ1) is 12.2. The normalized spacial score (nSPS) is 11.9. The van der Waals surface area contributed by atoms with E-state index in [9.17, 15) is 5.11 Å². The van der Waals surface area contributed by atoms with Crippen LogP contribution in [0, 0.1) is 0 Å². The second-order valence-electron chi connectivity index (χ2n) is 6.09. The number of hydrogen-bond acceptors (Lipinski definition) is 3. The van der Waals surface area contributed by atoms with E-state index in [0.717, 1.165) is 29.0 Å². The fourth-order valence-corrected chi connectivity index (χ4v) is 2.83. The Morgan fingerprint density at radius 2 is 1.68 bits per heavy atom. The molecule has 0 fully saturated rings. The highest BCUT2D eigenvalue weighted by molar-refractivity contribution is 5.71. The van der Waals surface area contributed by atoms with Gasteiger partial charge in [-0.15, -0.1) is 0 Å². The zero-order valence-electron chi connectivity index (χ0n) is 14.6. The molecule has 3 aromatic rings. The summed E-state index contributed by atoms with van der Waals surface area (Å²) in [5.74, 6) is 1.09. The number of methoxy groups -OCH3 is 1. The average Bonchev–Trinajstić information content (AvgIpc) is 2.68. The third-order valence-corrected chi connectivity index (χ3v) is 4.37. The molecule has 3 heteroatoms. The van der Waals surface area contributed by atoms with Crippen LogP contribution in [0.1, 0.15) is 24.1 Å². The molecule has 1 atom stereocenters. The largest absolute Gasteiger partial charge is 0.507 e. The minimum Gasteiger partial charge on any atom is -0.507 e. The van der Waals surface area contributed by atoms with Crippen LogP contribution in [-0.4, -0.2) is 12.2 Å². The summed E-state index contributed by atoms with van der Waals surface area (Å²) < 4.78 is 5.19. The molecule has 25 heavy (non-hydrogen) atoms. The maximum atomic E-state index is 10.2. The van der Waals surface area contributed by atoms with E-state index >= 15 is 0 Å². The molecule has 0 aliphatic carbocycles. The molecule has 3 nitrogen and oxygen atoms in total. The van der Waals surface area contributed by atoms with Gasteiger partial charge in [0.25, 0.3) is 0 Å². The molecule has 0 aromatic heterocycles. The number of phenols is 1. The van der Waals surface area contributed by atoms with E-state index in [2.05, 4.69) is 36.5 Å². The molecule has 3 aromatic carbocycles. The van der Waals surface area contributed by atoms with Crippen LogP contribution in [0.3, 0.4) is 0 Å². The van der Waals surface area contributed by atoms with Gasteiger partial charge in [-0.2, -0.15) is 0 Å². The highest BCUT2D eigenvalue weighted by atomic mass is 16.5. The minimum atomic E-state index is 0.263. The third-order valence-electron chi connectivity index (χ3n) is 4.37. The van der Waals surface area contributed by atoms with Gasteiger partial charge in [-0.05, 0) is 47.9 Å². The van der Waals surface area contributed by atoms with Gasteiger partial charge in [0.2, 0.25) is 0 Å². The molecule has 0 radical (unpaired) electrons. The summed E-state index contributed by atoms with van der Waals surface area (Å²) in [6, 6.07) is 24.1. The van der Waals surface area contributed by atoms with E-state index in [0.29, 0.717) is 0 Å². The van der Waals surface area contributed by atoms with E-state index in [4.69, 9.17) is 4.74 Å². The molecule has 3 rings (SSSR count). The fraction of sp³-hybridized carbons (Fsp3) is 0.182. The molecule has 0 saturated carbocycles. The molecular weight excluding hydrogens is 310 g/mol. The van der Waals surface area contributed by atoms with Crippen molar-refractivity contribution < 1.29 is 9.84 Å². The SMILES string of the molecule is COc1ccc(-c2cc(CN[C@H](C)c3ccccc3)ccc2O)cc1. The Morgan fingerprint density at radius 3 is 2.36 bits per heavy atom. The molecular formula is C22H23NO2. The Kier molecular flexibility index (Phi) is 5.36. The van der Waals surface area contributed by atoms with Gasteiger partial charge in [0.05, 0.1) is 7.11 Å². The second-order valence-corrected chi connectivity index (χ2v) is 6.09. The van der Waals surface area contributed by atoms with Crippen molar-refractivity contribution in [2.75, 3.05) is 7.11 Å². The summed E-state index contributed by atoms with van der Waals surface area (Å²) in [6.45, 7) is 2.89. The van der Waals surface area contributed by atoms with Gasteiger partial charge in [-0.1, -0.05) is 48.5 Å². The topological polar surface area (TPSA) is 41.5 Å². The Balaban J connectivity index is 1.74. The zero-order chi connectivity index (χ0) is 17.6. The molecule has 0 unspecified atom stereocenters. The van der Waals surface area contributed by atoms with Gasteiger partial charge in [0.1, 0.15) is 11.5 Å². The van der Waals surface area contributed by atoms with Crippen molar-refractivity contribution in [3.63, 3.8) is 0 Å². The van der Waals surface area contributed by atoms with Crippen molar-refractivity contribution in [3.8, 4) is 22.6 Å². The van der Waals surface area contributed by atoms with Gasteiger partial charge < -0.3 is 15.2 Å². The number of nitrogens with one attached hydrogen (secondary N) is 1. The van der Waals surface area contributed by atoms with E-state index in [1.165, 1.54) is 5.56 Å². The molecule has 0 aliphatic heterocycles. The summed E-state index contributed by atoms with van der Waals surface area (Å²) in [7, 11) is 1.65. The van der Waals surface area contributed by atoms with Gasteiger partial charge in [-0.25, -0.2) is 0 Å². The summed E-state index contributed by atoms with van der Waals surface area (Å²) in [6.07, 6.45) is 0. The zero-order valence-corrected chi connectivity index (χ0v) is 14.6. The highest BCUT2D eigenvalue weighted by Gasteiger charge is 2.08. The van der Waals surface area contributed by atoms with Crippen molar-refractivity contribution >= 4 is 0 Å². The van der Waals surface area contributed by atoms with Crippen LogP contribution in [0.15, 0.2) is 72.8 Å². The van der Waals surface area contributed by atoms with Gasteiger partial charge >= 0.3 is 0 Å². The lowest BCUT2D eigenvalue weighted by Gasteiger charge is -2.15. The lowest BCUT2D eigenvalue weighted by Crippen LogP contribution is -2.17. The number of aromatic hydroxyl groups is 1. The number of ether oxygens (including phenoxy) is 1. The Labute approximate surface area is 148 Å². The number of benzene rings is 3. The van der Waals surface area contributed by atoms with Crippen LogP contribution >= 0.6 is 0 Å². The van der Waals surface area contributed by atoms with Crippen LogP contribution in [-0.2, 0) is 6.54 Å². The van der Waals surface area contributed by atoms with Crippen molar-refractivity contribution in [3.05, 3.63) is 83.9 Å². The maximum Gasteiger partial charge on any atom is 0.123 e. The number of phenolic OH excluding ortho intramolecular Hbond substituents is 1. The third kappa shape index (κ3) is 4.20. The standard InChI is InChI=1S/C22H23NO2/c1-16(18-6-4-3-5-7-18)23-15-17-8-13-22(24)21(14-17)19-9-11-20(25-2)12-10-19/h3-14,16,23-24H,15H2,1-2H3/t16-/m1/s1. The summed E-state index contributed by atoms with van der Waals surface area (Å²) in [5.41, 5.74) is 4.19. The van der Waals surface area contributed by atoms with Crippen LogP contribution in [0.25, 0.3) is 11.1 Å². The van der Waals surface area contributed by atoms with Gasteiger partial charge in [0, 0.05) is 18.2 Å². The maximum absolute atomic E-state index is 10.2. The van der Waals surface area contributed by atoms with E-state index in [1.54, 1.807) is 13.2 Å². The smallest absolute Gasteiger partial charge is 0.123 e. The van der Waals surface area contributed by atoms with Crippen molar-refractivity contribution in [2.45, 2.75) is 19.5 Å². The molecule has 128 valence electrons. The average molecular weight is 333 g/mol. The minimum absolute atomic E-state index is 0.263. The Morgan fingerprint density at radius 1 is 0.960 bits per heavy atom. The Hall–Kier alpha value is -2.78. The molecule has 0 spiro atoms. The number of hydrogen-bond donors (Lipinski definition) is 2. The summed E-state index contributed by atoms with van der Waals surface area (Å²) >= 11 is 0. The first-order valence-electron chi connectivity index (χ1n) is 8.42. The van der Waals surface area contributed by atoms with Crippen LogP contribution in [0.4, 0.5) is 0 Å². The first-order valence-corrected chi connectivity index (χ1v) is 8.42. The fourth-order valence-electron chi connectivity index (χ4n) is 2.83. The molecule has 0 saturated heterocycles. The summed E-state index contributed by atoms with van der Waals surface area (Å²) in [4.78, 5) is 0. The van der Waals surface area contributed by atoms with Crippen molar-refractivity contribution in [1.82, 2.24) is 5.32 Å². The quantitative estimate of drug-likeness (QED) is 0.673. The van der Waals surface area contributed by atoms with Crippen molar-refractivity contribution in [2.24, 2.45) is 0 Å². The van der Waals surface area contributed by atoms with Crippen LogP contribution < -0.4 is 10.1 Å². The number of rotatable bonds is 6. The summed E-state index contributed by atoms with van der Waals surface area (Å²) in [5, 5.41) is 13.7. The molecule has 0 bridgehead atoms. The molecule has 0 amide bonds. The molecule has 2 N–H and O–H groups in total. The van der Waals surface area contributed by atoms with Crippen LogP contribution in [0.5, 0.6) is 11.5 Å². The second kappa shape index (κ2) is 7.86. The van der Waals surface area contributed by atoms with E-state index < -0.39 is 0 Å². The van der Waals surface area contributed by atoms with Crippen LogP contribution in [0.2, 0.25) is 0 Å². The van der Waals surface area contributed by atoms with E-state index in [-0.39, 0.29) is 11.8 Å². The predicted molar refractivity (Wildman–Crippen MR) is 102 cm³/mol. The molecule has 0 heterocycles. The molecule has 0 aliphatic rings.